The van der Waals surface area contributed by atoms with Crippen LogP contribution in [0.25, 0.3) is 0 Å². The largest absolute Gasteiger partial charge is 0.454 e. The number of rotatable bonds is 10. The molecule has 0 spiro atoms. The first-order valence-corrected chi connectivity index (χ1v) is 9.26. The summed E-state index contributed by atoms with van der Waals surface area (Å²) in [5, 5.41) is 10.3. The molecule has 1 aliphatic rings. The summed E-state index contributed by atoms with van der Waals surface area (Å²) in [4.78, 5) is 37.5. The van der Waals surface area contributed by atoms with Crippen molar-refractivity contribution in [1.82, 2.24) is 13.7 Å². The Morgan fingerprint density at radius 1 is 1.00 bits per heavy atom. The Balaban J connectivity index is 1.71. The Morgan fingerprint density at radius 3 is 2.23 bits per heavy atom. The van der Waals surface area contributed by atoms with Gasteiger partial charge in [0.25, 0.3) is 0 Å². The molecular weight excluding hydrogens is 394 g/mol. The summed E-state index contributed by atoms with van der Waals surface area (Å²) < 4.78 is 18.6. The van der Waals surface area contributed by atoms with Crippen molar-refractivity contribution in [3.63, 3.8) is 0 Å². The van der Waals surface area contributed by atoms with Crippen LogP contribution in [0.4, 0.5) is 0 Å². The first-order valence-electron chi connectivity index (χ1n) is 9.26. The fourth-order valence-electron chi connectivity index (χ4n) is 3.02. The van der Waals surface area contributed by atoms with Crippen LogP contribution in [-0.4, -0.2) is 38.3 Å². The van der Waals surface area contributed by atoms with Crippen molar-refractivity contribution < 1.29 is 19.3 Å². The molecular formula is C20H23N3O7. The molecule has 10 nitrogen and oxygen atoms in total. The number of hydrogen-bond donors (Lipinski definition) is 1. The van der Waals surface area contributed by atoms with Crippen LogP contribution in [0, 0.1) is 0 Å². The first kappa shape index (κ1) is 21.3. The zero-order valence-electron chi connectivity index (χ0n) is 16.4. The van der Waals surface area contributed by atoms with E-state index in [1.165, 1.54) is 12.2 Å². The van der Waals surface area contributed by atoms with Crippen LogP contribution >= 0.6 is 0 Å². The Labute approximate surface area is 171 Å². The Kier molecular flexibility index (Phi) is 6.70. The lowest BCUT2D eigenvalue weighted by Crippen LogP contribution is -2.55. The van der Waals surface area contributed by atoms with Gasteiger partial charge in [0, 0.05) is 0 Å². The molecule has 0 radical (unpaired) electrons. The average Bonchev–Trinajstić information content (AvgIpc) is 3.20. The van der Waals surface area contributed by atoms with Gasteiger partial charge in [0.1, 0.15) is 0 Å². The number of nitrogens with zero attached hydrogens (tertiary/aromatic N) is 3. The van der Waals surface area contributed by atoms with E-state index in [4.69, 9.17) is 14.2 Å². The predicted octanol–water partition coefficient (Wildman–Crippen LogP) is -0.150. The molecule has 160 valence electrons. The zero-order valence-corrected chi connectivity index (χ0v) is 16.4. The highest BCUT2D eigenvalue weighted by molar-refractivity contribution is 5.44. The number of ether oxygens (including phenoxy) is 3. The molecule has 10 heteroatoms. The van der Waals surface area contributed by atoms with Crippen molar-refractivity contribution in [2.24, 2.45) is 0 Å². The van der Waals surface area contributed by atoms with E-state index in [1.807, 2.05) is 6.07 Å². The number of fused-ring (bicyclic) bond motifs is 1. The molecule has 0 saturated heterocycles. The molecule has 1 aromatic carbocycles. The topological polar surface area (TPSA) is 114 Å². The molecule has 0 bridgehead atoms. The van der Waals surface area contributed by atoms with Crippen molar-refractivity contribution in [2.75, 3.05) is 13.4 Å². The van der Waals surface area contributed by atoms with Crippen molar-refractivity contribution in [3.8, 4) is 11.5 Å². The van der Waals surface area contributed by atoms with E-state index in [1.54, 1.807) is 12.1 Å². The highest BCUT2D eigenvalue weighted by Gasteiger charge is 2.17. The van der Waals surface area contributed by atoms with Crippen LogP contribution in [-0.2, 0) is 31.0 Å². The maximum absolute atomic E-state index is 12.6. The van der Waals surface area contributed by atoms with Gasteiger partial charge in [-0.2, -0.15) is 0 Å². The van der Waals surface area contributed by atoms with Gasteiger partial charge in [0.2, 0.25) is 6.79 Å². The van der Waals surface area contributed by atoms with Gasteiger partial charge in [0.15, 0.2) is 11.5 Å². The summed E-state index contributed by atoms with van der Waals surface area (Å²) in [5.41, 5.74) is -1.58. The Hall–Kier alpha value is -3.37. The highest BCUT2D eigenvalue weighted by Crippen LogP contribution is 2.32. The third-order valence-electron chi connectivity index (χ3n) is 4.42. The number of aliphatic hydroxyl groups is 1. The Morgan fingerprint density at radius 2 is 1.60 bits per heavy atom. The normalized spacial score (nSPS) is 13.2. The summed E-state index contributed by atoms with van der Waals surface area (Å²) in [6.45, 7) is 6.82. The number of hydrogen-bond acceptors (Lipinski definition) is 7. The number of benzene rings is 1. The first-order chi connectivity index (χ1) is 14.5. The minimum atomic E-state index is -1.14. The van der Waals surface area contributed by atoms with E-state index in [-0.39, 0.29) is 39.6 Å². The second-order valence-electron chi connectivity index (χ2n) is 6.61. The summed E-state index contributed by atoms with van der Waals surface area (Å²) >= 11 is 0. The lowest BCUT2D eigenvalue weighted by Gasteiger charge is -2.15. The fourth-order valence-corrected chi connectivity index (χ4v) is 3.02. The second-order valence-corrected chi connectivity index (χ2v) is 6.61. The Bertz CT molecular complexity index is 1060. The smallest absolute Gasteiger partial charge is 0.336 e. The molecule has 0 amide bonds. The predicted molar refractivity (Wildman–Crippen MR) is 108 cm³/mol. The van der Waals surface area contributed by atoms with Gasteiger partial charge in [-0.1, -0.05) is 18.2 Å². The van der Waals surface area contributed by atoms with Crippen molar-refractivity contribution in [3.05, 3.63) is 80.5 Å². The molecule has 2 heterocycles. The van der Waals surface area contributed by atoms with Gasteiger partial charge in [-0.05, 0) is 17.7 Å². The molecule has 0 fully saturated rings. The summed E-state index contributed by atoms with van der Waals surface area (Å²) in [7, 11) is 0. The van der Waals surface area contributed by atoms with E-state index in [0.717, 1.165) is 19.3 Å². The highest BCUT2D eigenvalue weighted by atomic mass is 16.7. The zero-order chi connectivity index (χ0) is 21.7. The van der Waals surface area contributed by atoms with Crippen molar-refractivity contribution >= 4 is 0 Å². The van der Waals surface area contributed by atoms with Gasteiger partial charge in [-0.3, -0.25) is 0 Å². The van der Waals surface area contributed by atoms with Crippen molar-refractivity contribution in [1.29, 1.82) is 0 Å². The molecule has 0 aliphatic carbocycles. The quantitative estimate of drug-likeness (QED) is 0.535. The summed E-state index contributed by atoms with van der Waals surface area (Å²) in [5.74, 6) is 1.28. The van der Waals surface area contributed by atoms with E-state index in [0.29, 0.717) is 11.5 Å². The van der Waals surface area contributed by atoms with Crippen LogP contribution in [0.2, 0.25) is 0 Å². The molecule has 1 atom stereocenters. The SMILES string of the molecule is C=CCn1c(=O)n(CC=C)c(=O)n(CC(O)COCc2ccc3c(c2)OCO3)c1=O. The number of aliphatic hydroxyl groups excluding tert-OH is 1. The second kappa shape index (κ2) is 9.42. The third-order valence-corrected chi connectivity index (χ3v) is 4.42. The molecule has 3 rings (SSSR count). The van der Waals surface area contributed by atoms with Crippen LogP contribution in [0.15, 0.2) is 57.9 Å². The molecule has 30 heavy (non-hydrogen) atoms. The van der Waals surface area contributed by atoms with E-state index < -0.39 is 23.2 Å². The molecule has 2 aromatic rings. The molecule has 1 aliphatic heterocycles. The van der Waals surface area contributed by atoms with Crippen LogP contribution < -0.4 is 26.5 Å². The number of allylic oxidation sites excluding steroid dienone is 2. The van der Waals surface area contributed by atoms with Crippen LogP contribution in [0.5, 0.6) is 11.5 Å². The van der Waals surface area contributed by atoms with Gasteiger partial charge in [-0.15, -0.1) is 13.2 Å². The molecule has 1 unspecified atom stereocenters. The summed E-state index contributed by atoms with van der Waals surface area (Å²) in [6, 6.07) is 5.35. The fraction of sp³-hybridized carbons (Fsp3) is 0.350. The van der Waals surface area contributed by atoms with Crippen LogP contribution in [0.3, 0.4) is 0 Å². The average molecular weight is 417 g/mol. The maximum Gasteiger partial charge on any atom is 0.336 e. The maximum atomic E-state index is 12.6. The minimum absolute atomic E-state index is 0.0637. The monoisotopic (exact) mass is 417 g/mol. The molecule has 0 saturated carbocycles. The third kappa shape index (κ3) is 4.44. The standard InChI is InChI=1S/C20H23N3O7/c1-3-7-21-18(25)22(8-4-2)20(27)23(19(21)26)10-15(24)12-28-11-14-5-6-16-17(9-14)30-13-29-16/h3-6,9,15,24H,1-2,7-8,10-13H2. The minimum Gasteiger partial charge on any atom is -0.454 e. The lowest BCUT2D eigenvalue weighted by molar-refractivity contribution is 0.0185. The number of aromatic nitrogens is 3. The van der Waals surface area contributed by atoms with E-state index >= 15 is 0 Å². The van der Waals surface area contributed by atoms with Gasteiger partial charge >= 0.3 is 17.1 Å². The van der Waals surface area contributed by atoms with E-state index in [2.05, 4.69) is 13.2 Å². The van der Waals surface area contributed by atoms with Gasteiger partial charge in [0.05, 0.1) is 39.0 Å². The van der Waals surface area contributed by atoms with Crippen LogP contribution in [0.1, 0.15) is 5.56 Å². The van der Waals surface area contributed by atoms with Gasteiger partial charge in [-0.25, -0.2) is 28.1 Å². The lowest BCUT2D eigenvalue weighted by atomic mass is 10.2. The molecule has 1 N–H and O–H groups in total. The van der Waals surface area contributed by atoms with E-state index in [9.17, 15) is 19.5 Å². The summed E-state index contributed by atoms with van der Waals surface area (Å²) in [6.07, 6.45) is 1.61. The van der Waals surface area contributed by atoms with Crippen molar-refractivity contribution in [2.45, 2.75) is 32.3 Å². The van der Waals surface area contributed by atoms with Gasteiger partial charge < -0.3 is 19.3 Å². The molecule has 1 aromatic heterocycles.